The van der Waals surface area contributed by atoms with Gasteiger partial charge in [-0.2, -0.15) is 0 Å². The van der Waals surface area contributed by atoms with Crippen molar-refractivity contribution in [2.75, 3.05) is 6.54 Å². The molecule has 0 bridgehead atoms. The second-order valence-corrected chi connectivity index (χ2v) is 8.29. The maximum atomic E-state index is 13.6. The Labute approximate surface area is 192 Å². The summed E-state index contributed by atoms with van der Waals surface area (Å²) in [6, 6.07) is 15.4. The van der Waals surface area contributed by atoms with Crippen LogP contribution in [0.5, 0.6) is 0 Å². The van der Waals surface area contributed by atoms with Crippen LogP contribution in [-0.4, -0.2) is 33.2 Å². The Bertz CT molecular complexity index is 1140. The largest absolute Gasteiger partial charge is 0.348 e. The van der Waals surface area contributed by atoms with Gasteiger partial charge in [-0.15, -0.1) is 0 Å². The molecule has 170 valence electrons. The summed E-state index contributed by atoms with van der Waals surface area (Å²) in [6.07, 6.45) is 4.17. The van der Waals surface area contributed by atoms with Crippen LogP contribution in [0.1, 0.15) is 58.3 Å². The lowest BCUT2D eigenvalue weighted by Gasteiger charge is -2.36. The molecule has 33 heavy (non-hydrogen) atoms. The number of benzene rings is 2. The average Bonchev–Trinajstić information content (AvgIpc) is 2.83. The molecule has 1 aliphatic heterocycles. The standard InChI is InChI=1S/C26H27FN4O2/c1-18-28-17-22(26(33)29-16-19-8-3-2-4-9-19)25(30-18)23-12-5-6-13-31(23)24(32)15-20-10-7-11-21(27)14-20/h2-4,7-11,14,17,23H,5-6,12-13,15-16H2,1H3,(H,29,33)/t23-/m1/s1. The predicted octanol–water partition coefficient (Wildman–Crippen LogP) is 4.15. The van der Waals surface area contributed by atoms with Crippen LogP contribution in [0.3, 0.4) is 0 Å². The van der Waals surface area contributed by atoms with E-state index in [1.54, 1.807) is 30.2 Å². The minimum absolute atomic E-state index is 0.0998. The minimum Gasteiger partial charge on any atom is -0.348 e. The van der Waals surface area contributed by atoms with E-state index < -0.39 is 0 Å². The van der Waals surface area contributed by atoms with Crippen molar-refractivity contribution in [2.24, 2.45) is 0 Å². The van der Waals surface area contributed by atoms with Gasteiger partial charge in [-0.1, -0.05) is 42.5 Å². The lowest BCUT2D eigenvalue weighted by molar-refractivity contribution is -0.134. The van der Waals surface area contributed by atoms with Gasteiger partial charge >= 0.3 is 0 Å². The summed E-state index contributed by atoms with van der Waals surface area (Å²) < 4.78 is 13.6. The van der Waals surface area contributed by atoms with E-state index in [1.807, 2.05) is 30.3 Å². The summed E-state index contributed by atoms with van der Waals surface area (Å²) in [5.41, 5.74) is 2.57. The Morgan fingerprint density at radius 2 is 1.88 bits per heavy atom. The van der Waals surface area contributed by atoms with Crippen LogP contribution in [0, 0.1) is 12.7 Å². The van der Waals surface area contributed by atoms with Crippen molar-refractivity contribution in [3.8, 4) is 0 Å². The van der Waals surface area contributed by atoms with Gasteiger partial charge in [0.15, 0.2) is 0 Å². The summed E-state index contributed by atoms with van der Waals surface area (Å²) in [5, 5.41) is 2.94. The summed E-state index contributed by atoms with van der Waals surface area (Å²) >= 11 is 0. The van der Waals surface area contributed by atoms with Crippen LogP contribution in [0.25, 0.3) is 0 Å². The third-order valence-electron chi connectivity index (χ3n) is 5.86. The Morgan fingerprint density at radius 3 is 2.67 bits per heavy atom. The molecule has 1 aromatic heterocycles. The van der Waals surface area contributed by atoms with Crippen LogP contribution in [0.15, 0.2) is 60.8 Å². The molecular weight excluding hydrogens is 419 g/mol. The molecule has 1 aliphatic rings. The van der Waals surface area contributed by atoms with E-state index >= 15 is 0 Å². The normalized spacial score (nSPS) is 15.8. The molecule has 1 atom stereocenters. The number of hydrogen-bond donors (Lipinski definition) is 1. The number of carbonyl (C=O) groups excluding carboxylic acids is 2. The van der Waals surface area contributed by atoms with E-state index in [9.17, 15) is 14.0 Å². The molecule has 1 fully saturated rings. The molecule has 6 nitrogen and oxygen atoms in total. The fourth-order valence-electron chi connectivity index (χ4n) is 4.23. The third kappa shape index (κ3) is 5.61. The molecule has 2 heterocycles. The number of nitrogens with zero attached hydrogens (tertiary/aromatic N) is 3. The number of carbonyl (C=O) groups is 2. The summed E-state index contributed by atoms with van der Waals surface area (Å²) in [4.78, 5) is 36.9. The number of aryl methyl sites for hydroxylation is 1. The summed E-state index contributed by atoms with van der Waals surface area (Å²) in [5.74, 6) is -0.179. The van der Waals surface area contributed by atoms with Crippen LogP contribution in [0.2, 0.25) is 0 Å². The van der Waals surface area contributed by atoms with Gasteiger partial charge in [0, 0.05) is 19.3 Å². The SMILES string of the molecule is Cc1ncc(C(=O)NCc2ccccc2)c([C@H]2CCCCN2C(=O)Cc2cccc(F)c2)n1. The summed E-state index contributed by atoms with van der Waals surface area (Å²) in [6.45, 7) is 2.74. The summed E-state index contributed by atoms with van der Waals surface area (Å²) in [7, 11) is 0. The number of piperidine rings is 1. The van der Waals surface area contributed by atoms with Crippen molar-refractivity contribution in [1.82, 2.24) is 20.2 Å². The van der Waals surface area contributed by atoms with Gasteiger partial charge in [0.05, 0.1) is 23.7 Å². The smallest absolute Gasteiger partial charge is 0.255 e. The fraction of sp³-hybridized carbons (Fsp3) is 0.308. The highest BCUT2D eigenvalue weighted by molar-refractivity contribution is 5.95. The number of likely N-dealkylation sites (tertiary alicyclic amines) is 1. The zero-order valence-electron chi connectivity index (χ0n) is 18.6. The van der Waals surface area contributed by atoms with E-state index in [4.69, 9.17) is 0 Å². The van der Waals surface area contributed by atoms with Crippen LogP contribution in [0.4, 0.5) is 4.39 Å². The van der Waals surface area contributed by atoms with Gasteiger partial charge in [-0.3, -0.25) is 9.59 Å². The van der Waals surface area contributed by atoms with E-state index in [1.165, 1.54) is 12.1 Å². The molecular formula is C26H27FN4O2. The Balaban J connectivity index is 1.57. The van der Waals surface area contributed by atoms with E-state index in [0.717, 1.165) is 18.4 Å². The van der Waals surface area contributed by atoms with Crippen molar-refractivity contribution in [1.29, 1.82) is 0 Å². The number of nitrogens with one attached hydrogen (secondary N) is 1. The zero-order chi connectivity index (χ0) is 23.2. The van der Waals surface area contributed by atoms with Gasteiger partial charge in [0.2, 0.25) is 5.91 Å². The van der Waals surface area contributed by atoms with Gasteiger partial charge in [-0.25, -0.2) is 14.4 Å². The first-order chi connectivity index (χ1) is 16.0. The molecule has 1 saturated heterocycles. The van der Waals surface area contributed by atoms with Gasteiger partial charge < -0.3 is 10.2 Å². The number of aromatic nitrogens is 2. The first kappa shape index (κ1) is 22.6. The van der Waals surface area contributed by atoms with Crippen molar-refractivity contribution < 1.29 is 14.0 Å². The molecule has 0 radical (unpaired) electrons. The molecule has 0 aliphatic carbocycles. The Morgan fingerprint density at radius 1 is 1.09 bits per heavy atom. The second kappa shape index (κ2) is 10.3. The van der Waals surface area contributed by atoms with Crippen molar-refractivity contribution in [3.05, 3.63) is 94.8 Å². The highest BCUT2D eigenvalue weighted by atomic mass is 19.1. The lowest BCUT2D eigenvalue weighted by Crippen LogP contribution is -2.41. The van der Waals surface area contributed by atoms with Crippen molar-refractivity contribution >= 4 is 11.8 Å². The van der Waals surface area contributed by atoms with Crippen molar-refractivity contribution in [2.45, 2.75) is 45.2 Å². The Hall–Kier alpha value is -3.61. The first-order valence-electron chi connectivity index (χ1n) is 11.2. The topological polar surface area (TPSA) is 75.2 Å². The number of halogens is 1. The molecule has 1 N–H and O–H groups in total. The van der Waals surface area contributed by atoms with Gasteiger partial charge in [0.1, 0.15) is 11.6 Å². The van der Waals surface area contributed by atoms with Crippen molar-refractivity contribution in [3.63, 3.8) is 0 Å². The second-order valence-electron chi connectivity index (χ2n) is 8.29. The zero-order valence-corrected chi connectivity index (χ0v) is 18.6. The molecule has 7 heteroatoms. The highest BCUT2D eigenvalue weighted by Gasteiger charge is 2.32. The molecule has 0 spiro atoms. The Kier molecular flexibility index (Phi) is 7.07. The highest BCUT2D eigenvalue weighted by Crippen LogP contribution is 2.32. The van der Waals surface area contributed by atoms with Crippen LogP contribution in [-0.2, 0) is 17.8 Å². The fourth-order valence-corrected chi connectivity index (χ4v) is 4.23. The number of hydrogen-bond acceptors (Lipinski definition) is 4. The van der Waals surface area contributed by atoms with E-state index in [0.29, 0.717) is 42.2 Å². The number of amides is 2. The lowest BCUT2D eigenvalue weighted by atomic mass is 9.95. The van der Waals surface area contributed by atoms with Gasteiger partial charge in [-0.05, 0) is 49.4 Å². The monoisotopic (exact) mass is 446 g/mol. The van der Waals surface area contributed by atoms with Gasteiger partial charge in [0.25, 0.3) is 5.91 Å². The van der Waals surface area contributed by atoms with E-state index in [-0.39, 0.29) is 30.1 Å². The maximum Gasteiger partial charge on any atom is 0.255 e. The molecule has 0 unspecified atom stereocenters. The average molecular weight is 447 g/mol. The first-order valence-corrected chi connectivity index (χ1v) is 11.2. The van der Waals surface area contributed by atoms with Crippen LogP contribution < -0.4 is 5.32 Å². The quantitative estimate of drug-likeness (QED) is 0.617. The van der Waals surface area contributed by atoms with Crippen LogP contribution >= 0.6 is 0 Å². The molecule has 3 aromatic rings. The van der Waals surface area contributed by atoms with E-state index in [2.05, 4.69) is 15.3 Å². The number of rotatable bonds is 6. The maximum absolute atomic E-state index is 13.6. The molecule has 4 rings (SSSR count). The molecule has 0 saturated carbocycles. The minimum atomic E-state index is -0.362. The molecule has 2 aromatic carbocycles. The third-order valence-corrected chi connectivity index (χ3v) is 5.86. The predicted molar refractivity (Wildman–Crippen MR) is 123 cm³/mol. The molecule has 2 amide bonds.